The highest BCUT2D eigenvalue weighted by Crippen LogP contribution is 2.59. The monoisotopic (exact) mass is 595 g/mol. The molecule has 1 N–H and O–H groups in total. The van der Waals surface area contributed by atoms with Gasteiger partial charge in [-0.25, -0.2) is 0 Å². The summed E-state index contributed by atoms with van der Waals surface area (Å²) in [5.74, 6) is -3.22. The number of carbonyl (C=O) groups excluding carboxylic acids is 4. The fourth-order valence-electron chi connectivity index (χ4n) is 7.02. The van der Waals surface area contributed by atoms with Gasteiger partial charge in [0.1, 0.15) is 17.7 Å². The van der Waals surface area contributed by atoms with Crippen molar-refractivity contribution in [2.75, 3.05) is 26.7 Å². The third kappa shape index (κ3) is 5.87. The lowest BCUT2D eigenvalue weighted by molar-refractivity contribution is -0.164. The Morgan fingerprint density at radius 3 is 2.49 bits per heavy atom. The highest BCUT2D eigenvalue weighted by atomic mass is 16.6. The third-order valence-electron chi connectivity index (χ3n) is 9.26. The molecule has 1 aromatic carbocycles. The van der Waals surface area contributed by atoms with Crippen LogP contribution >= 0.6 is 0 Å². The molecule has 234 valence electrons. The lowest BCUT2D eigenvalue weighted by atomic mass is 9.70. The second-order valence-electron chi connectivity index (χ2n) is 12.0. The van der Waals surface area contributed by atoms with Crippen LogP contribution in [0.2, 0.25) is 0 Å². The molecule has 3 aliphatic rings. The number of allylic oxidation sites excluding steroid dienone is 1. The molecule has 7 atom stereocenters. The molecular weight excluding hydrogens is 550 g/mol. The smallest absolute Gasteiger partial charge is 0.313 e. The van der Waals surface area contributed by atoms with Crippen molar-refractivity contribution in [1.29, 1.82) is 0 Å². The first-order valence-corrected chi connectivity index (χ1v) is 15.2. The van der Waals surface area contributed by atoms with E-state index in [9.17, 15) is 24.3 Å². The van der Waals surface area contributed by atoms with Gasteiger partial charge in [0.15, 0.2) is 0 Å². The van der Waals surface area contributed by atoms with Gasteiger partial charge in [-0.2, -0.15) is 0 Å². The topological polar surface area (TPSA) is 117 Å². The molecule has 1 aromatic rings. The van der Waals surface area contributed by atoms with E-state index in [1.54, 1.807) is 29.0 Å². The average molecular weight is 596 g/mol. The number of β-amino-alcohol motifs (C(OH)–C–C–N with tert-alkyl or cyclic N) is 1. The molecule has 3 heterocycles. The average Bonchev–Trinajstić information content (AvgIpc) is 3.64. The molecule has 10 nitrogen and oxygen atoms in total. The normalized spacial score (nSPS) is 27.0. The summed E-state index contributed by atoms with van der Waals surface area (Å²) in [5, 5.41) is 9.85. The summed E-state index contributed by atoms with van der Waals surface area (Å²) in [5.41, 5.74) is -0.479. The molecule has 43 heavy (non-hydrogen) atoms. The predicted octanol–water partition coefficient (Wildman–Crippen LogP) is 2.87. The maximum absolute atomic E-state index is 14.1. The Bertz CT molecular complexity index is 1220. The summed E-state index contributed by atoms with van der Waals surface area (Å²) in [4.78, 5) is 59.6. The van der Waals surface area contributed by atoms with Crippen molar-refractivity contribution in [1.82, 2.24) is 14.7 Å². The highest BCUT2D eigenvalue weighted by molar-refractivity contribution is 5.98. The van der Waals surface area contributed by atoms with Crippen LogP contribution in [0.4, 0.5) is 0 Å². The largest absolute Gasteiger partial charge is 0.455 e. The first-order valence-electron chi connectivity index (χ1n) is 15.2. The lowest BCUT2D eigenvalue weighted by Crippen LogP contribution is -2.57. The second-order valence-corrected chi connectivity index (χ2v) is 12.0. The molecule has 1 spiro atoms. The number of hydrogen-bond donors (Lipinski definition) is 1. The van der Waals surface area contributed by atoms with Gasteiger partial charge in [0.05, 0.1) is 30.6 Å². The van der Waals surface area contributed by atoms with Crippen LogP contribution in [-0.4, -0.2) is 100 Å². The number of fused-ring (bicyclic) bond motifs is 1. The van der Waals surface area contributed by atoms with Crippen LogP contribution in [0, 0.1) is 11.8 Å². The van der Waals surface area contributed by atoms with E-state index in [4.69, 9.17) is 9.47 Å². The van der Waals surface area contributed by atoms with E-state index in [1.165, 1.54) is 4.90 Å². The maximum Gasteiger partial charge on any atom is 0.313 e. The zero-order valence-electron chi connectivity index (χ0n) is 25.7. The van der Waals surface area contributed by atoms with Crippen molar-refractivity contribution in [3.8, 4) is 0 Å². The predicted molar refractivity (Wildman–Crippen MR) is 160 cm³/mol. The number of aliphatic hydroxyl groups is 1. The molecule has 0 radical (unpaired) electrons. The SMILES string of the molecule is C=CCCC(=O)N(C)[C@@H](C)[C@@H](OC(=O)[C@@H]1[C@@H]2CC[C@]3(O2)[C@H](C(=O)N(CC=C)C(C)C)N(CCO)C(=O)[C@@H]13)c1ccccc1. The van der Waals surface area contributed by atoms with E-state index >= 15 is 0 Å². The number of likely N-dealkylation sites (N-methyl/N-ethyl adjacent to an activating group) is 1. The van der Waals surface area contributed by atoms with Gasteiger partial charge in [0.2, 0.25) is 17.7 Å². The van der Waals surface area contributed by atoms with E-state index in [-0.39, 0.29) is 43.3 Å². The van der Waals surface area contributed by atoms with Crippen molar-refractivity contribution in [3.05, 3.63) is 61.2 Å². The van der Waals surface area contributed by atoms with Crippen LogP contribution in [0.25, 0.3) is 0 Å². The Morgan fingerprint density at radius 2 is 1.88 bits per heavy atom. The first kappa shape index (κ1) is 32.4. The van der Waals surface area contributed by atoms with E-state index in [0.29, 0.717) is 25.8 Å². The molecule has 0 aromatic heterocycles. The van der Waals surface area contributed by atoms with Gasteiger partial charge in [-0.3, -0.25) is 19.2 Å². The number of carbonyl (C=O) groups is 4. The van der Waals surface area contributed by atoms with E-state index in [2.05, 4.69) is 13.2 Å². The molecule has 3 fully saturated rings. The van der Waals surface area contributed by atoms with Crippen LogP contribution < -0.4 is 0 Å². The van der Waals surface area contributed by atoms with Crippen LogP contribution in [0.3, 0.4) is 0 Å². The van der Waals surface area contributed by atoms with Crippen molar-refractivity contribution in [2.24, 2.45) is 11.8 Å². The first-order chi connectivity index (χ1) is 20.5. The molecule has 0 saturated carbocycles. The zero-order chi connectivity index (χ0) is 31.5. The van der Waals surface area contributed by atoms with Gasteiger partial charge in [0, 0.05) is 32.6 Å². The molecule has 2 bridgehead atoms. The van der Waals surface area contributed by atoms with E-state index < -0.39 is 47.7 Å². The molecule has 0 unspecified atom stereocenters. The standard InChI is InChI=1S/C33H45N3O7/c1-7-9-15-25(38)34(6)22(5)28(23-13-11-10-12-14-23)42-32(41)26-24-16-17-33(43-24)27(26)30(39)36(19-20-37)29(33)31(40)35(18-8-2)21(3)4/h7-8,10-14,21-22,24,26-29,37H,1-2,9,15-20H2,3-6H3/t22-,24-,26+,27+,28+,29-,33+/m0/s1. The van der Waals surface area contributed by atoms with E-state index in [0.717, 1.165) is 5.56 Å². The number of likely N-dealkylation sites (tertiary alicyclic amines) is 1. The number of ether oxygens (including phenoxy) is 2. The van der Waals surface area contributed by atoms with Crippen molar-refractivity contribution in [2.45, 2.75) is 82.4 Å². The number of hydrogen-bond acceptors (Lipinski definition) is 7. The van der Waals surface area contributed by atoms with Crippen LogP contribution in [-0.2, 0) is 28.7 Å². The number of nitrogens with zero attached hydrogens (tertiary/aromatic N) is 3. The third-order valence-corrected chi connectivity index (χ3v) is 9.26. The number of rotatable bonds is 14. The van der Waals surface area contributed by atoms with Gasteiger partial charge in [0.25, 0.3) is 0 Å². The minimum Gasteiger partial charge on any atom is -0.455 e. The van der Waals surface area contributed by atoms with Gasteiger partial charge < -0.3 is 29.3 Å². The minimum atomic E-state index is -1.20. The number of esters is 1. The maximum atomic E-state index is 14.1. The van der Waals surface area contributed by atoms with E-state index in [1.807, 2.05) is 51.1 Å². The van der Waals surface area contributed by atoms with Crippen molar-refractivity contribution < 1.29 is 33.8 Å². The van der Waals surface area contributed by atoms with Crippen LogP contribution in [0.1, 0.15) is 58.1 Å². The number of amides is 3. The van der Waals surface area contributed by atoms with Crippen LogP contribution in [0.5, 0.6) is 0 Å². The van der Waals surface area contributed by atoms with Gasteiger partial charge in [-0.05, 0) is 45.6 Å². The Labute approximate surface area is 254 Å². The Balaban J connectivity index is 1.66. The molecule has 10 heteroatoms. The number of aliphatic hydroxyl groups excluding tert-OH is 1. The van der Waals surface area contributed by atoms with Gasteiger partial charge in [-0.1, -0.05) is 42.5 Å². The van der Waals surface area contributed by atoms with Crippen molar-refractivity contribution in [3.63, 3.8) is 0 Å². The summed E-state index contributed by atoms with van der Waals surface area (Å²) in [6.45, 7) is 13.0. The molecule has 4 rings (SSSR count). The van der Waals surface area contributed by atoms with Gasteiger partial charge in [-0.15, -0.1) is 13.2 Å². The fraction of sp³-hybridized carbons (Fsp3) is 0.576. The summed E-state index contributed by atoms with van der Waals surface area (Å²) < 4.78 is 12.7. The summed E-state index contributed by atoms with van der Waals surface area (Å²) in [6, 6.07) is 7.58. The zero-order valence-corrected chi connectivity index (χ0v) is 25.7. The van der Waals surface area contributed by atoms with Gasteiger partial charge >= 0.3 is 5.97 Å². The van der Waals surface area contributed by atoms with Crippen LogP contribution in [0.15, 0.2) is 55.6 Å². The molecule has 3 aliphatic heterocycles. The Kier molecular flexibility index (Phi) is 10.1. The molecule has 3 saturated heterocycles. The van der Waals surface area contributed by atoms with Crippen molar-refractivity contribution >= 4 is 23.7 Å². The summed E-state index contributed by atoms with van der Waals surface area (Å²) in [6.07, 6.45) is 3.69. The highest BCUT2D eigenvalue weighted by Gasteiger charge is 2.75. The second kappa shape index (κ2) is 13.4. The minimum absolute atomic E-state index is 0.0510. The lowest BCUT2D eigenvalue weighted by Gasteiger charge is -2.38. The summed E-state index contributed by atoms with van der Waals surface area (Å²) >= 11 is 0. The fourth-order valence-corrected chi connectivity index (χ4v) is 7.02. The molecule has 0 aliphatic carbocycles. The molecule has 3 amide bonds. The summed E-state index contributed by atoms with van der Waals surface area (Å²) in [7, 11) is 1.68. The Morgan fingerprint density at radius 1 is 1.19 bits per heavy atom. The quantitative estimate of drug-likeness (QED) is 0.260. The Hall–Kier alpha value is -3.50. The number of benzene rings is 1. The molecular formula is C33H45N3O7.